The number of nitrogens with one attached hydrogen (secondary N) is 1. The van der Waals surface area contributed by atoms with Crippen molar-refractivity contribution in [2.75, 3.05) is 19.9 Å². The van der Waals surface area contributed by atoms with Crippen LogP contribution < -0.4 is 5.32 Å². The Labute approximate surface area is 100 Å². The molecule has 0 aromatic heterocycles. The number of carbonyl (C=O) groups is 2. The van der Waals surface area contributed by atoms with E-state index in [2.05, 4.69) is 10.1 Å². The van der Waals surface area contributed by atoms with Gasteiger partial charge in [0.15, 0.2) is 15.9 Å². The number of rotatable bonds is 6. The fourth-order valence-corrected chi connectivity index (χ4v) is 1.25. The Morgan fingerprint density at radius 1 is 1.41 bits per heavy atom. The summed E-state index contributed by atoms with van der Waals surface area (Å²) in [6.07, 6.45) is -0.258. The number of ether oxygens (including phenoxy) is 1. The highest BCUT2D eigenvalue weighted by atomic mass is 32.2. The summed E-state index contributed by atoms with van der Waals surface area (Å²) in [5.41, 5.74) is 0. The SMILES string of the molecule is COC(CNC(=O)C(C)(C)S(C)(=O)=O)C(=O)O. The molecule has 0 rings (SSSR count). The van der Waals surface area contributed by atoms with Gasteiger partial charge in [-0.3, -0.25) is 4.79 Å². The maximum Gasteiger partial charge on any atom is 0.334 e. The first kappa shape index (κ1) is 15.9. The second kappa shape index (κ2) is 5.46. The monoisotopic (exact) mass is 267 g/mol. The summed E-state index contributed by atoms with van der Waals surface area (Å²) < 4.78 is 25.7. The van der Waals surface area contributed by atoms with Crippen molar-refractivity contribution in [3.8, 4) is 0 Å². The highest BCUT2D eigenvalue weighted by Crippen LogP contribution is 2.14. The lowest BCUT2D eigenvalue weighted by atomic mass is 10.2. The molecular weight excluding hydrogens is 250 g/mol. The number of carbonyl (C=O) groups excluding carboxylic acids is 1. The maximum absolute atomic E-state index is 11.6. The lowest BCUT2D eigenvalue weighted by molar-refractivity contribution is -0.148. The van der Waals surface area contributed by atoms with E-state index in [4.69, 9.17) is 5.11 Å². The average Bonchev–Trinajstić information content (AvgIpc) is 2.15. The van der Waals surface area contributed by atoms with Gasteiger partial charge >= 0.3 is 5.97 Å². The van der Waals surface area contributed by atoms with Crippen LogP contribution >= 0.6 is 0 Å². The molecule has 0 radical (unpaired) electrons. The third-order valence-electron chi connectivity index (χ3n) is 2.48. The van der Waals surface area contributed by atoms with Crippen LogP contribution in [-0.2, 0) is 24.2 Å². The van der Waals surface area contributed by atoms with Crippen molar-refractivity contribution >= 4 is 21.7 Å². The largest absolute Gasteiger partial charge is 0.479 e. The molecule has 0 aliphatic carbocycles. The Balaban J connectivity index is 4.63. The molecule has 0 aromatic rings. The molecule has 0 fully saturated rings. The first-order valence-corrected chi connectivity index (χ1v) is 6.66. The third kappa shape index (κ3) is 3.97. The van der Waals surface area contributed by atoms with Crippen molar-refractivity contribution in [3.63, 3.8) is 0 Å². The Morgan fingerprint density at radius 2 is 1.88 bits per heavy atom. The summed E-state index contributed by atoms with van der Waals surface area (Å²) in [7, 11) is -2.39. The Kier molecular flexibility index (Phi) is 5.09. The molecule has 1 atom stereocenters. The van der Waals surface area contributed by atoms with Crippen LogP contribution in [0.2, 0.25) is 0 Å². The third-order valence-corrected chi connectivity index (χ3v) is 4.52. The van der Waals surface area contributed by atoms with Crippen LogP contribution in [0, 0.1) is 0 Å². The van der Waals surface area contributed by atoms with Gasteiger partial charge in [0.25, 0.3) is 0 Å². The van der Waals surface area contributed by atoms with Crippen LogP contribution in [-0.4, -0.2) is 56.2 Å². The van der Waals surface area contributed by atoms with Gasteiger partial charge in [-0.15, -0.1) is 0 Å². The number of aliphatic carboxylic acids is 1. The summed E-state index contributed by atoms with van der Waals surface area (Å²) in [5.74, 6) is -1.99. The molecule has 8 heteroatoms. The van der Waals surface area contributed by atoms with Gasteiger partial charge in [-0.25, -0.2) is 13.2 Å². The number of hydrogen-bond acceptors (Lipinski definition) is 5. The van der Waals surface area contributed by atoms with E-state index in [0.717, 1.165) is 6.26 Å². The Hall–Kier alpha value is -1.15. The standard InChI is InChI=1S/C9H17NO6S/c1-9(2,17(4,14)15)8(13)10-5-6(16-3)7(11)12/h6H,5H2,1-4H3,(H,10,13)(H,11,12). The highest BCUT2D eigenvalue weighted by molar-refractivity contribution is 7.92. The molecule has 1 amide bonds. The van der Waals surface area contributed by atoms with E-state index in [1.807, 2.05) is 0 Å². The predicted molar refractivity (Wildman–Crippen MR) is 60.4 cm³/mol. The van der Waals surface area contributed by atoms with Gasteiger partial charge in [-0.05, 0) is 13.8 Å². The smallest absolute Gasteiger partial charge is 0.334 e. The number of carboxylic acids is 1. The lowest BCUT2D eigenvalue weighted by Crippen LogP contribution is -2.50. The minimum atomic E-state index is -3.58. The van der Waals surface area contributed by atoms with Gasteiger partial charge in [0, 0.05) is 13.4 Å². The summed E-state index contributed by atoms with van der Waals surface area (Å²) in [6, 6.07) is 0. The fourth-order valence-electron chi connectivity index (χ4n) is 0.838. The molecule has 0 heterocycles. The average molecular weight is 267 g/mol. The molecule has 100 valence electrons. The molecule has 1 unspecified atom stereocenters. The van der Waals surface area contributed by atoms with Gasteiger partial charge in [0.1, 0.15) is 4.75 Å². The maximum atomic E-state index is 11.6. The van der Waals surface area contributed by atoms with Gasteiger partial charge < -0.3 is 15.2 Å². The molecule has 0 saturated carbocycles. The van der Waals surface area contributed by atoms with Crippen LogP contribution in [0.25, 0.3) is 0 Å². The van der Waals surface area contributed by atoms with E-state index in [1.54, 1.807) is 0 Å². The van der Waals surface area contributed by atoms with Crippen molar-refractivity contribution in [2.24, 2.45) is 0 Å². The van der Waals surface area contributed by atoms with Crippen LogP contribution in [0.3, 0.4) is 0 Å². The topological polar surface area (TPSA) is 110 Å². The zero-order valence-corrected chi connectivity index (χ0v) is 11.0. The molecule has 0 saturated heterocycles. The number of hydrogen-bond donors (Lipinski definition) is 2. The molecule has 0 bridgehead atoms. The lowest BCUT2D eigenvalue weighted by Gasteiger charge is -2.22. The minimum absolute atomic E-state index is 0.288. The van der Waals surface area contributed by atoms with Crippen LogP contribution in [0.4, 0.5) is 0 Å². The van der Waals surface area contributed by atoms with Crippen LogP contribution in [0.5, 0.6) is 0 Å². The van der Waals surface area contributed by atoms with E-state index in [-0.39, 0.29) is 6.54 Å². The van der Waals surface area contributed by atoms with Gasteiger partial charge in [0.05, 0.1) is 6.54 Å². The predicted octanol–water partition coefficient (Wildman–Crippen LogP) is -0.975. The van der Waals surface area contributed by atoms with E-state index in [0.29, 0.717) is 0 Å². The zero-order chi connectivity index (χ0) is 13.9. The van der Waals surface area contributed by atoms with Crippen molar-refractivity contribution in [1.29, 1.82) is 0 Å². The summed E-state index contributed by atoms with van der Waals surface area (Å²) >= 11 is 0. The normalized spacial score (nSPS) is 14.1. The van der Waals surface area contributed by atoms with Crippen molar-refractivity contribution in [3.05, 3.63) is 0 Å². The minimum Gasteiger partial charge on any atom is -0.479 e. The highest BCUT2D eigenvalue weighted by Gasteiger charge is 2.38. The Morgan fingerprint density at radius 3 is 2.18 bits per heavy atom. The second-order valence-corrected chi connectivity index (χ2v) is 6.62. The second-order valence-electron chi connectivity index (χ2n) is 4.06. The number of carboxylic acid groups (broad SMARTS) is 1. The Bertz CT molecular complexity index is 400. The van der Waals surface area contributed by atoms with Crippen LogP contribution in [0.15, 0.2) is 0 Å². The fraction of sp³-hybridized carbons (Fsp3) is 0.778. The molecular formula is C9H17NO6S. The molecule has 0 aromatic carbocycles. The first-order valence-electron chi connectivity index (χ1n) is 4.77. The van der Waals surface area contributed by atoms with Gasteiger partial charge in [0.2, 0.25) is 5.91 Å². The summed E-state index contributed by atoms with van der Waals surface area (Å²) in [6.45, 7) is 2.21. The quantitative estimate of drug-likeness (QED) is 0.640. The molecule has 7 nitrogen and oxygen atoms in total. The van der Waals surface area contributed by atoms with Gasteiger partial charge in [-0.1, -0.05) is 0 Å². The first-order chi connectivity index (χ1) is 7.54. The molecule has 2 N–H and O–H groups in total. The van der Waals surface area contributed by atoms with E-state index in [1.165, 1.54) is 21.0 Å². The zero-order valence-electron chi connectivity index (χ0n) is 10.2. The number of amides is 1. The van der Waals surface area contributed by atoms with Crippen molar-refractivity contribution < 1.29 is 27.9 Å². The van der Waals surface area contributed by atoms with Crippen molar-refractivity contribution in [1.82, 2.24) is 5.32 Å². The number of sulfone groups is 1. The van der Waals surface area contributed by atoms with Gasteiger partial charge in [-0.2, -0.15) is 0 Å². The van der Waals surface area contributed by atoms with E-state index < -0.39 is 32.6 Å². The molecule has 0 aliphatic heterocycles. The molecule has 17 heavy (non-hydrogen) atoms. The van der Waals surface area contributed by atoms with Crippen molar-refractivity contribution in [2.45, 2.75) is 24.7 Å². The summed E-state index contributed by atoms with van der Waals surface area (Å²) in [5, 5.41) is 10.9. The molecule has 0 aliphatic rings. The van der Waals surface area contributed by atoms with Crippen LogP contribution in [0.1, 0.15) is 13.8 Å². The number of methoxy groups -OCH3 is 1. The van der Waals surface area contributed by atoms with E-state index >= 15 is 0 Å². The van der Waals surface area contributed by atoms with E-state index in [9.17, 15) is 18.0 Å². The summed E-state index contributed by atoms with van der Waals surface area (Å²) in [4.78, 5) is 22.2. The molecule has 0 spiro atoms.